The van der Waals surface area contributed by atoms with E-state index in [4.69, 9.17) is 21.3 Å². The minimum atomic E-state index is -1.41. The Balaban J connectivity index is 2.04. The van der Waals surface area contributed by atoms with Crippen LogP contribution in [0.2, 0.25) is 0 Å². The van der Waals surface area contributed by atoms with Gasteiger partial charge in [0.15, 0.2) is 12.5 Å². The Bertz CT molecular complexity index is 1010. The minimum absolute atomic E-state index is 0.0983. The molecule has 6 amide bonds. The Morgan fingerprint density at radius 1 is 1.14 bits per heavy atom. The molecule has 0 aromatic heterocycles. The summed E-state index contributed by atoms with van der Waals surface area (Å²) in [6, 6.07) is 7.85. The average molecular weight is 492 g/mol. The van der Waals surface area contributed by atoms with Gasteiger partial charge in [-0.2, -0.15) is 9.48 Å². The molecule has 8 N–H and O–H groups in total. The van der Waals surface area contributed by atoms with Crippen molar-refractivity contribution in [3.63, 3.8) is 0 Å². The van der Waals surface area contributed by atoms with Crippen molar-refractivity contribution in [1.29, 1.82) is 0 Å². The Kier molecular flexibility index (Phi) is 9.22. The number of guanidine groups is 1. The monoisotopic (exact) mass is 492 g/mol. The third kappa shape index (κ3) is 8.08. The number of aliphatic imine (C=N–C) groups is 1. The third-order valence-electron chi connectivity index (χ3n) is 4.85. The maximum Gasteiger partial charge on any atom is 0.425 e. The normalized spacial score (nSPS) is 17.6. The van der Waals surface area contributed by atoms with Crippen LogP contribution in [0.5, 0.6) is 0 Å². The van der Waals surface area contributed by atoms with Crippen molar-refractivity contribution in [2.24, 2.45) is 16.5 Å². The molecule has 2 atom stereocenters. The number of amides is 6. The number of carboxylic acid groups (broad SMARTS) is 1. The van der Waals surface area contributed by atoms with E-state index in [-0.39, 0.29) is 13.2 Å². The number of quaternary nitrogens is 1. The number of nitrogens with two attached hydrogens (primary N) is 2. The van der Waals surface area contributed by atoms with Crippen LogP contribution in [0.25, 0.3) is 0 Å². The number of carbonyl (C=O) groups is 6. The number of hydrogen-bond donors (Lipinski definition) is 6. The number of aliphatic carboxylic acids is 1. The summed E-state index contributed by atoms with van der Waals surface area (Å²) in [6.45, 7) is -1.63. The Morgan fingerprint density at radius 3 is 2.40 bits per heavy atom. The third-order valence-corrected chi connectivity index (χ3v) is 4.85. The maximum absolute atomic E-state index is 12.7. The molecule has 15 heteroatoms. The summed E-state index contributed by atoms with van der Waals surface area (Å²) >= 11 is 0. The first kappa shape index (κ1) is 26.7. The summed E-state index contributed by atoms with van der Waals surface area (Å²) in [6.07, 6.45) is -3.54. The van der Waals surface area contributed by atoms with Crippen molar-refractivity contribution in [2.75, 3.05) is 19.6 Å². The molecule has 1 aromatic carbocycles. The van der Waals surface area contributed by atoms with Crippen LogP contribution < -0.4 is 27.4 Å². The number of rotatable bonds is 11. The molecule has 0 spiro atoms. The Labute approximate surface area is 199 Å². The van der Waals surface area contributed by atoms with Crippen LogP contribution in [-0.2, 0) is 30.5 Å². The number of nitrogens with zero attached hydrogens (tertiary/aromatic N) is 2. The number of hydrogen-bond acceptors (Lipinski definition) is 7. The number of benzene rings is 1. The smallest absolute Gasteiger partial charge is 0.425 e. The second-order valence-electron chi connectivity index (χ2n) is 7.51. The molecule has 1 aromatic rings. The second-order valence-corrected chi connectivity index (χ2v) is 7.51. The summed E-state index contributed by atoms with van der Waals surface area (Å²) in [5, 5.41) is 15.9. The SMILES string of the molecule is NC(N)=NC(=O)CC[N+]1(CC(=O)NC(CC(=O)O)NC(=O)OCc2ccccc2)C(=O)CNC1=O. The average Bonchev–Trinajstić information content (AvgIpc) is 3.04. The number of carbonyl (C=O) groups excluding carboxylic acids is 5. The molecule has 0 bridgehead atoms. The molecule has 2 rings (SSSR count). The second kappa shape index (κ2) is 12.1. The zero-order valence-corrected chi connectivity index (χ0v) is 18.6. The first-order chi connectivity index (χ1) is 16.5. The van der Waals surface area contributed by atoms with E-state index in [9.17, 15) is 28.8 Å². The van der Waals surface area contributed by atoms with Gasteiger partial charge in [0.1, 0.15) is 25.9 Å². The van der Waals surface area contributed by atoms with Gasteiger partial charge in [0.05, 0.1) is 12.8 Å². The van der Waals surface area contributed by atoms with E-state index < -0.39 is 78.4 Å². The predicted molar refractivity (Wildman–Crippen MR) is 118 cm³/mol. The van der Waals surface area contributed by atoms with Crippen LogP contribution in [0, 0.1) is 0 Å². The fourth-order valence-electron chi connectivity index (χ4n) is 3.22. The molecule has 0 saturated carbocycles. The lowest BCUT2D eigenvalue weighted by Gasteiger charge is -2.27. The first-order valence-electron chi connectivity index (χ1n) is 10.3. The van der Waals surface area contributed by atoms with Crippen LogP contribution in [0.1, 0.15) is 18.4 Å². The van der Waals surface area contributed by atoms with Crippen LogP contribution >= 0.6 is 0 Å². The van der Waals surface area contributed by atoms with Gasteiger partial charge in [0.25, 0.3) is 11.8 Å². The summed E-state index contributed by atoms with van der Waals surface area (Å²) < 4.78 is 3.96. The molecule has 15 nitrogen and oxygen atoms in total. The van der Waals surface area contributed by atoms with Crippen LogP contribution in [-0.4, -0.2) is 77.2 Å². The molecule has 0 radical (unpaired) electrons. The molecule has 2 unspecified atom stereocenters. The first-order valence-corrected chi connectivity index (χ1v) is 10.3. The van der Waals surface area contributed by atoms with Gasteiger partial charge in [-0.3, -0.25) is 19.7 Å². The molecular weight excluding hydrogens is 466 g/mol. The van der Waals surface area contributed by atoms with Crippen LogP contribution in [0.4, 0.5) is 9.59 Å². The van der Waals surface area contributed by atoms with E-state index in [1.54, 1.807) is 30.3 Å². The highest BCUT2D eigenvalue weighted by atomic mass is 16.5. The summed E-state index contributed by atoms with van der Waals surface area (Å²) in [5.74, 6) is -4.27. The Hall–Kier alpha value is -4.53. The lowest BCUT2D eigenvalue weighted by molar-refractivity contribution is -0.758. The van der Waals surface area contributed by atoms with E-state index in [2.05, 4.69) is 20.9 Å². The largest absolute Gasteiger partial charge is 0.481 e. The standard InChI is InChI=1S/C20H25N7O8/c21-18(22)26-14(28)6-7-27(16(30)9-23-19(27)33)10-15(29)24-13(8-17(31)32)25-20(34)35-11-12-4-2-1-3-5-12/h1-5,13H,6-11H2,(H7-,21,22,23,24,25,26,28,29,31,32,33,34)/p+1. The lowest BCUT2D eigenvalue weighted by atomic mass is 10.2. The van der Waals surface area contributed by atoms with Gasteiger partial charge in [0.2, 0.25) is 0 Å². The number of imide groups is 1. The van der Waals surface area contributed by atoms with Crippen molar-refractivity contribution in [1.82, 2.24) is 16.0 Å². The van der Waals surface area contributed by atoms with Gasteiger partial charge in [-0.05, 0) is 5.56 Å². The molecular formula is C20H26N7O8+. The number of carboxylic acids is 1. The molecule has 1 heterocycles. The molecule has 35 heavy (non-hydrogen) atoms. The van der Waals surface area contributed by atoms with Crippen molar-refractivity contribution in [2.45, 2.75) is 25.6 Å². The topological polar surface area (TPSA) is 232 Å². The number of ether oxygens (including phenoxy) is 1. The fraction of sp³-hybridized carbons (Fsp3) is 0.350. The number of urea groups is 1. The van der Waals surface area contributed by atoms with E-state index in [0.717, 1.165) is 0 Å². The number of nitrogens with one attached hydrogen (secondary N) is 3. The van der Waals surface area contributed by atoms with Crippen molar-refractivity contribution in [3.05, 3.63) is 35.9 Å². The highest BCUT2D eigenvalue weighted by molar-refractivity contribution is 5.96. The highest BCUT2D eigenvalue weighted by Gasteiger charge is 2.51. The van der Waals surface area contributed by atoms with Gasteiger partial charge in [0, 0.05) is 0 Å². The lowest BCUT2D eigenvalue weighted by Crippen LogP contribution is -2.60. The van der Waals surface area contributed by atoms with Gasteiger partial charge in [-0.25, -0.2) is 14.4 Å². The van der Waals surface area contributed by atoms with E-state index >= 15 is 0 Å². The van der Waals surface area contributed by atoms with Crippen molar-refractivity contribution < 1.29 is 43.1 Å². The fourth-order valence-corrected chi connectivity index (χ4v) is 3.22. The quantitative estimate of drug-likeness (QED) is 0.0659. The molecule has 1 aliphatic rings. The Morgan fingerprint density at radius 2 is 1.83 bits per heavy atom. The van der Waals surface area contributed by atoms with Gasteiger partial charge < -0.3 is 31.9 Å². The zero-order chi connectivity index (χ0) is 26.0. The summed E-state index contributed by atoms with van der Waals surface area (Å²) in [7, 11) is 0. The molecule has 1 aliphatic heterocycles. The van der Waals surface area contributed by atoms with Crippen LogP contribution in [0.3, 0.4) is 0 Å². The van der Waals surface area contributed by atoms with E-state index in [1.807, 2.05) is 0 Å². The summed E-state index contributed by atoms with van der Waals surface area (Å²) in [5.41, 5.74) is 10.9. The minimum Gasteiger partial charge on any atom is -0.481 e. The van der Waals surface area contributed by atoms with E-state index in [1.165, 1.54) is 0 Å². The summed E-state index contributed by atoms with van der Waals surface area (Å²) in [4.78, 5) is 76.0. The van der Waals surface area contributed by atoms with Crippen molar-refractivity contribution in [3.8, 4) is 0 Å². The maximum atomic E-state index is 12.7. The van der Waals surface area contributed by atoms with Crippen molar-refractivity contribution >= 4 is 41.8 Å². The molecule has 0 aliphatic carbocycles. The van der Waals surface area contributed by atoms with E-state index in [0.29, 0.717) is 5.56 Å². The van der Waals surface area contributed by atoms with Gasteiger partial charge in [-0.15, -0.1) is 0 Å². The number of alkyl carbamates (subject to hydrolysis) is 1. The van der Waals surface area contributed by atoms with Gasteiger partial charge >= 0.3 is 24.0 Å². The molecule has 1 saturated heterocycles. The molecule has 188 valence electrons. The zero-order valence-electron chi connectivity index (χ0n) is 18.6. The van der Waals surface area contributed by atoms with Gasteiger partial charge in [-0.1, -0.05) is 30.3 Å². The predicted octanol–water partition coefficient (Wildman–Crippen LogP) is -1.91. The molecule has 1 fully saturated rings. The van der Waals surface area contributed by atoms with Crippen LogP contribution in [0.15, 0.2) is 35.3 Å². The highest BCUT2D eigenvalue weighted by Crippen LogP contribution is 2.16.